The van der Waals surface area contributed by atoms with E-state index in [9.17, 15) is 4.79 Å². The Morgan fingerprint density at radius 3 is 2.47 bits per heavy atom. The number of rotatable bonds is 6. The van der Waals surface area contributed by atoms with Crippen molar-refractivity contribution in [2.45, 2.75) is 20.4 Å². The second-order valence-electron chi connectivity index (χ2n) is 7.11. The zero-order chi connectivity index (χ0) is 21.1. The zero-order valence-corrected chi connectivity index (χ0v) is 18.3. The number of aromatic nitrogens is 1. The molecule has 0 bridgehead atoms. The zero-order valence-electron chi connectivity index (χ0n) is 16.8. The van der Waals surface area contributed by atoms with Gasteiger partial charge in [0.15, 0.2) is 11.7 Å². The lowest BCUT2D eigenvalue weighted by Gasteiger charge is -2.20. The van der Waals surface area contributed by atoms with E-state index in [1.165, 1.54) is 11.3 Å². The van der Waals surface area contributed by atoms with Crippen LogP contribution in [0.25, 0.3) is 10.2 Å². The number of amides is 1. The summed E-state index contributed by atoms with van der Waals surface area (Å²) in [5.41, 5.74) is 4.01. The van der Waals surface area contributed by atoms with Crippen LogP contribution in [0.2, 0.25) is 5.02 Å². The Balaban J connectivity index is 1.64. The molecule has 0 spiro atoms. The van der Waals surface area contributed by atoms with Crippen LogP contribution in [0.5, 0.6) is 5.75 Å². The molecule has 3 aromatic carbocycles. The molecule has 152 valence electrons. The summed E-state index contributed by atoms with van der Waals surface area (Å²) < 4.78 is 6.63. The molecule has 6 heteroatoms. The summed E-state index contributed by atoms with van der Waals surface area (Å²) in [6.45, 7) is 4.34. The van der Waals surface area contributed by atoms with E-state index in [1.54, 1.807) is 4.90 Å². The van der Waals surface area contributed by atoms with Crippen molar-refractivity contribution in [3.05, 3.63) is 88.4 Å². The normalized spacial score (nSPS) is 10.9. The Bertz CT molecular complexity index is 1130. The summed E-state index contributed by atoms with van der Waals surface area (Å²) in [7, 11) is 0. The molecule has 0 aliphatic rings. The van der Waals surface area contributed by atoms with Gasteiger partial charge in [-0.2, -0.15) is 0 Å². The Morgan fingerprint density at radius 2 is 1.77 bits per heavy atom. The van der Waals surface area contributed by atoms with E-state index in [1.807, 2.05) is 80.6 Å². The standard InChI is InChI=1S/C24H21ClN2O2S/c1-16-8-11-19(12-9-16)29-15-21(28)27(14-18-6-4-3-5-7-18)24-26-22-17(2)10-13-20(25)23(22)30-24/h3-13H,14-15H2,1-2H3. The molecule has 0 saturated heterocycles. The highest BCUT2D eigenvalue weighted by molar-refractivity contribution is 7.23. The van der Waals surface area contributed by atoms with Crippen molar-refractivity contribution in [2.24, 2.45) is 0 Å². The number of benzene rings is 3. The number of carbonyl (C=O) groups is 1. The van der Waals surface area contributed by atoms with Gasteiger partial charge in [-0.1, -0.05) is 77.0 Å². The van der Waals surface area contributed by atoms with Crippen molar-refractivity contribution in [1.82, 2.24) is 4.98 Å². The van der Waals surface area contributed by atoms with Gasteiger partial charge in [-0.15, -0.1) is 0 Å². The monoisotopic (exact) mass is 436 g/mol. The molecule has 1 aromatic heterocycles. The molecule has 0 fully saturated rings. The maximum Gasteiger partial charge on any atom is 0.267 e. The quantitative estimate of drug-likeness (QED) is 0.362. The number of nitrogens with zero attached hydrogens (tertiary/aromatic N) is 2. The number of hydrogen-bond donors (Lipinski definition) is 0. The summed E-state index contributed by atoms with van der Waals surface area (Å²) >= 11 is 7.81. The Kier molecular flexibility index (Phi) is 6.02. The third kappa shape index (κ3) is 4.48. The smallest absolute Gasteiger partial charge is 0.267 e. The molecule has 4 nitrogen and oxygen atoms in total. The van der Waals surface area contributed by atoms with Crippen LogP contribution in [-0.4, -0.2) is 17.5 Å². The molecule has 30 heavy (non-hydrogen) atoms. The van der Waals surface area contributed by atoms with Gasteiger partial charge < -0.3 is 4.74 Å². The maximum atomic E-state index is 13.2. The molecule has 0 unspecified atom stereocenters. The van der Waals surface area contributed by atoms with Crippen molar-refractivity contribution >= 4 is 44.2 Å². The highest BCUT2D eigenvalue weighted by atomic mass is 35.5. The van der Waals surface area contributed by atoms with Gasteiger partial charge in [0, 0.05) is 0 Å². The van der Waals surface area contributed by atoms with Crippen LogP contribution in [-0.2, 0) is 11.3 Å². The molecular formula is C24H21ClN2O2S. The second-order valence-corrected chi connectivity index (χ2v) is 8.49. The van der Waals surface area contributed by atoms with E-state index in [0.29, 0.717) is 22.4 Å². The van der Waals surface area contributed by atoms with Crippen LogP contribution >= 0.6 is 22.9 Å². The van der Waals surface area contributed by atoms with E-state index in [-0.39, 0.29) is 12.5 Å². The third-order valence-electron chi connectivity index (χ3n) is 4.78. The Labute approximate surface area is 184 Å². The fourth-order valence-electron chi connectivity index (χ4n) is 3.09. The first-order valence-corrected chi connectivity index (χ1v) is 10.8. The lowest BCUT2D eigenvalue weighted by atomic mass is 10.2. The topological polar surface area (TPSA) is 42.4 Å². The van der Waals surface area contributed by atoms with Crippen LogP contribution in [0.15, 0.2) is 66.7 Å². The summed E-state index contributed by atoms with van der Waals surface area (Å²) in [5, 5.41) is 1.25. The van der Waals surface area contributed by atoms with E-state index >= 15 is 0 Å². The van der Waals surface area contributed by atoms with E-state index in [2.05, 4.69) is 0 Å². The molecule has 0 N–H and O–H groups in total. The SMILES string of the molecule is Cc1ccc(OCC(=O)N(Cc2ccccc2)c2nc3c(C)ccc(Cl)c3s2)cc1. The Hall–Kier alpha value is -2.89. The first-order valence-electron chi connectivity index (χ1n) is 9.60. The average molecular weight is 437 g/mol. The number of thiazole rings is 1. The fraction of sp³-hybridized carbons (Fsp3) is 0.167. The molecule has 1 heterocycles. The van der Waals surface area contributed by atoms with Crippen LogP contribution in [0.4, 0.5) is 5.13 Å². The van der Waals surface area contributed by atoms with Crippen molar-refractivity contribution < 1.29 is 9.53 Å². The lowest BCUT2D eigenvalue weighted by Crippen LogP contribution is -2.34. The van der Waals surface area contributed by atoms with E-state index in [4.69, 9.17) is 21.3 Å². The summed E-state index contributed by atoms with van der Waals surface area (Å²) in [6.07, 6.45) is 0. The minimum Gasteiger partial charge on any atom is -0.484 e. The lowest BCUT2D eigenvalue weighted by molar-refractivity contribution is -0.120. The van der Waals surface area contributed by atoms with Gasteiger partial charge in [0.1, 0.15) is 5.75 Å². The molecule has 0 atom stereocenters. The predicted octanol–water partition coefficient (Wildman–Crippen LogP) is 6.18. The van der Waals surface area contributed by atoms with Crippen LogP contribution in [0, 0.1) is 13.8 Å². The Morgan fingerprint density at radius 1 is 1.03 bits per heavy atom. The first-order chi connectivity index (χ1) is 14.5. The minimum atomic E-state index is -0.160. The van der Waals surface area contributed by atoms with Crippen LogP contribution in [0.3, 0.4) is 0 Å². The number of halogens is 1. The number of aryl methyl sites for hydroxylation is 2. The first kappa shape index (κ1) is 20.4. The molecule has 1 amide bonds. The maximum absolute atomic E-state index is 13.2. The van der Waals surface area contributed by atoms with Gasteiger partial charge in [0.2, 0.25) is 0 Å². The molecule has 4 aromatic rings. The largest absolute Gasteiger partial charge is 0.484 e. The number of anilines is 1. The summed E-state index contributed by atoms with van der Waals surface area (Å²) in [6, 6.07) is 21.3. The molecule has 0 aliphatic carbocycles. The summed E-state index contributed by atoms with van der Waals surface area (Å²) in [4.78, 5) is 19.6. The van der Waals surface area contributed by atoms with Crippen LogP contribution < -0.4 is 9.64 Å². The number of carbonyl (C=O) groups excluding carboxylic acids is 1. The van der Waals surface area contributed by atoms with Crippen molar-refractivity contribution in [3.8, 4) is 5.75 Å². The average Bonchev–Trinajstić information content (AvgIpc) is 3.21. The van der Waals surface area contributed by atoms with Gasteiger partial charge in [-0.25, -0.2) is 4.98 Å². The molecule has 0 radical (unpaired) electrons. The summed E-state index contributed by atoms with van der Waals surface area (Å²) in [5.74, 6) is 0.504. The fourth-order valence-corrected chi connectivity index (χ4v) is 4.43. The second kappa shape index (κ2) is 8.86. The number of ether oxygens (including phenoxy) is 1. The third-order valence-corrected chi connectivity index (χ3v) is 6.32. The minimum absolute atomic E-state index is 0.0709. The molecule has 0 aliphatic heterocycles. The molecular weight excluding hydrogens is 416 g/mol. The number of fused-ring (bicyclic) bond motifs is 1. The molecule has 0 saturated carbocycles. The highest BCUT2D eigenvalue weighted by Gasteiger charge is 2.22. The van der Waals surface area contributed by atoms with Crippen molar-refractivity contribution in [1.29, 1.82) is 0 Å². The number of hydrogen-bond acceptors (Lipinski definition) is 4. The van der Waals surface area contributed by atoms with Gasteiger partial charge in [-0.3, -0.25) is 9.69 Å². The van der Waals surface area contributed by atoms with Gasteiger partial charge in [-0.05, 0) is 43.2 Å². The van der Waals surface area contributed by atoms with E-state index in [0.717, 1.165) is 26.9 Å². The van der Waals surface area contributed by atoms with Crippen molar-refractivity contribution in [2.75, 3.05) is 11.5 Å². The van der Waals surface area contributed by atoms with Crippen molar-refractivity contribution in [3.63, 3.8) is 0 Å². The van der Waals surface area contributed by atoms with Gasteiger partial charge >= 0.3 is 0 Å². The van der Waals surface area contributed by atoms with Crippen LogP contribution in [0.1, 0.15) is 16.7 Å². The van der Waals surface area contributed by atoms with Gasteiger partial charge in [0.05, 0.1) is 21.8 Å². The highest BCUT2D eigenvalue weighted by Crippen LogP contribution is 2.36. The molecule has 4 rings (SSSR count). The van der Waals surface area contributed by atoms with Gasteiger partial charge in [0.25, 0.3) is 5.91 Å². The van der Waals surface area contributed by atoms with E-state index < -0.39 is 0 Å². The predicted molar refractivity (Wildman–Crippen MR) is 124 cm³/mol.